The summed E-state index contributed by atoms with van der Waals surface area (Å²) in [5.74, 6) is -0.970. The van der Waals surface area contributed by atoms with Gasteiger partial charge >= 0.3 is 6.16 Å². The van der Waals surface area contributed by atoms with Crippen molar-refractivity contribution in [1.82, 2.24) is 19.8 Å². The summed E-state index contributed by atoms with van der Waals surface area (Å²) in [6.07, 6.45) is 3.01. The van der Waals surface area contributed by atoms with Crippen molar-refractivity contribution in [3.8, 4) is 22.8 Å². The number of fused-ring (bicyclic) bond motifs is 4. The van der Waals surface area contributed by atoms with Gasteiger partial charge in [-0.05, 0) is 69.0 Å². The molecule has 9 nitrogen and oxygen atoms in total. The number of rotatable bonds is 6. The molecule has 0 atom stereocenters. The summed E-state index contributed by atoms with van der Waals surface area (Å²) >= 11 is 0. The van der Waals surface area contributed by atoms with Gasteiger partial charge in [-0.15, -0.1) is 0 Å². The molecule has 5 rings (SSSR count). The summed E-state index contributed by atoms with van der Waals surface area (Å²) in [4.78, 5) is 28.7. The molecule has 2 aliphatic rings. The van der Waals surface area contributed by atoms with E-state index in [-0.39, 0.29) is 0 Å². The number of benzene rings is 1. The Balaban J connectivity index is 1.46. The first-order valence-corrected chi connectivity index (χ1v) is 11.9. The molecule has 9 heteroatoms. The average Bonchev–Trinajstić information content (AvgIpc) is 3.38. The lowest BCUT2D eigenvalue weighted by Gasteiger charge is -2.15. The van der Waals surface area contributed by atoms with Crippen molar-refractivity contribution in [2.45, 2.75) is 38.6 Å². The van der Waals surface area contributed by atoms with Gasteiger partial charge in [0, 0.05) is 54.4 Å². The predicted molar refractivity (Wildman–Crippen MR) is 129 cm³/mol. The van der Waals surface area contributed by atoms with E-state index in [2.05, 4.69) is 49.8 Å². The molecule has 0 amide bonds. The van der Waals surface area contributed by atoms with Gasteiger partial charge in [-0.2, -0.15) is 0 Å². The Hall–Kier alpha value is -3.30. The molecule has 34 heavy (non-hydrogen) atoms. The maximum atomic E-state index is 12.5. The van der Waals surface area contributed by atoms with Crippen molar-refractivity contribution in [2.75, 3.05) is 26.2 Å². The Kier molecular flexibility index (Phi) is 6.05. The molecule has 0 unspecified atom stereocenters. The number of hydrogen-bond acceptors (Lipinski definition) is 6. The van der Waals surface area contributed by atoms with Crippen LogP contribution in [0.1, 0.15) is 36.1 Å². The summed E-state index contributed by atoms with van der Waals surface area (Å²) in [6, 6.07) is 6.36. The Morgan fingerprint density at radius 1 is 1.18 bits per heavy atom. The third-order valence-electron chi connectivity index (χ3n) is 7.06. The molecular weight excluding hydrogens is 436 g/mol. The minimum atomic E-state index is -1.64. The van der Waals surface area contributed by atoms with Gasteiger partial charge in [-0.1, -0.05) is 0 Å². The molecule has 1 saturated heterocycles. The topological polar surface area (TPSA) is 120 Å². The van der Waals surface area contributed by atoms with Gasteiger partial charge in [0.2, 0.25) is 5.75 Å². The number of aryl methyl sites for hydroxylation is 2. The molecule has 0 radical (unpaired) electrons. The number of hydrogen-bond donors (Lipinski definition) is 4. The van der Waals surface area contributed by atoms with Crippen LogP contribution in [0.4, 0.5) is 4.79 Å². The van der Waals surface area contributed by atoms with Gasteiger partial charge < -0.3 is 34.7 Å². The van der Waals surface area contributed by atoms with E-state index < -0.39 is 23.2 Å². The fourth-order valence-electron chi connectivity index (χ4n) is 5.27. The minimum absolute atomic E-state index is 0.398. The van der Waals surface area contributed by atoms with Crippen LogP contribution in [0.25, 0.3) is 22.2 Å². The molecule has 180 valence electrons. The van der Waals surface area contributed by atoms with Crippen LogP contribution in [0.2, 0.25) is 0 Å². The number of carbonyl (C=O) groups is 1. The van der Waals surface area contributed by atoms with Crippen LogP contribution in [-0.2, 0) is 26.4 Å². The van der Waals surface area contributed by atoms with Crippen molar-refractivity contribution in [3.63, 3.8) is 0 Å². The van der Waals surface area contributed by atoms with Crippen molar-refractivity contribution >= 4 is 17.1 Å². The molecule has 0 saturated carbocycles. The van der Waals surface area contributed by atoms with Crippen LogP contribution < -0.4 is 15.6 Å². The average molecular weight is 467 g/mol. The Bertz CT molecular complexity index is 1300. The lowest BCUT2D eigenvalue weighted by atomic mass is 9.99. The third kappa shape index (κ3) is 4.17. The lowest BCUT2D eigenvalue weighted by Crippen LogP contribution is -2.30. The monoisotopic (exact) mass is 466 g/mol. The van der Waals surface area contributed by atoms with Crippen molar-refractivity contribution in [1.29, 1.82) is 0 Å². The highest BCUT2D eigenvalue weighted by atomic mass is 16.7. The zero-order valence-corrected chi connectivity index (χ0v) is 19.3. The summed E-state index contributed by atoms with van der Waals surface area (Å²) < 4.78 is 6.75. The van der Waals surface area contributed by atoms with E-state index >= 15 is 0 Å². The zero-order chi connectivity index (χ0) is 23.8. The molecule has 0 spiro atoms. The Labute approximate surface area is 197 Å². The quantitative estimate of drug-likeness (QED) is 0.326. The number of ether oxygens (including phenoxy) is 1. The van der Waals surface area contributed by atoms with E-state index in [9.17, 15) is 14.7 Å². The highest BCUT2D eigenvalue weighted by Crippen LogP contribution is 2.40. The van der Waals surface area contributed by atoms with E-state index in [4.69, 9.17) is 5.11 Å². The number of nitrogens with one attached hydrogen (secondary N) is 2. The van der Waals surface area contributed by atoms with Crippen LogP contribution in [0.3, 0.4) is 0 Å². The van der Waals surface area contributed by atoms with Gasteiger partial charge in [0.25, 0.3) is 5.56 Å². The van der Waals surface area contributed by atoms with Crippen LogP contribution in [-0.4, -0.2) is 57.0 Å². The number of aromatic nitrogens is 2. The van der Waals surface area contributed by atoms with Crippen LogP contribution in [0, 0.1) is 0 Å². The van der Waals surface area contributed by atoms with Crippen LogP contribution >= 0.6 is 0 Å². The van der Waals surface area contributed by atoms with Crippen molar-refractivity contribution < 1.29 is 19.7 Å². The second-order valence-corrected chi connectivity index (χ2v) is 9.20. The number of carboxylic acid groups (broad SMARTS) is 1. The highest BCUT2D eigenvalue weighted by molar-refractivity contribution is 5.89. The van der Waals surface area contributed by atoms with E-state index in [0.717, 1.165) is 54.5 Å². The fraction of sp³-hybridized carbons (Fsp3) is 0.440. The van der Waals surface area contributed by atoms with E-state index in [0.29, 0.717) is 17.7 Å². The van der Waals surface area contributed by atoms with Gasteiger partial charge in [-0.25, -0.2) is 4.79 Å². The Morgan fingerprint density at radius 3 is 2.74 bits per heavy atom. The van der Waals surface area contributed by atoms with Gasteiger partial charge in [0.15, 0.2) is 5.75 Å². The molecule has 1 aliphatic heterocycles. The number of aromatic amines is 1. The molecule has 1 aliphatic carbocycles. The number of nitrogens with zero attached hydrogens (tertiary/aromatic N) is 2. The maximum absolute atomic E-state index is 12.5. The normalized spacial score (nSPS) is 15.8. The van der Waals surface area contributed by atoms with Gasteiger partial charge in [0.05, 0.1) is 5.69 Å². The second-order valence-electron chi connectivity index (χ2n) is 9.20. The molecule has 0 bridgehead atoms. The van der Waals surface area contributed by atoms with E-state index in [1.54, 1.807) is 0 Å². The Morgan fingerprint density at radius 2 is 1.97 bits per heavy atom. The van der Waals surface area contributed by atoms with E-state index in [1.165, 1.54) is 31.6 Å². The molecular formula is C25H30N4O5. The fourth-order valence-corrected chi connectivity index (χ4v) is 5.27. The van der Waals surface area contributed by atoms with Crippen LogP contribution in [0.5, 0.6) is 11.5 Å². The smallest absolute Gasteiger partial charge is 0.504 e. The van der Waals surface area contributed by atoms with Gasteiger partial charge in [0.1, 0.15) is 0 Å². The molecule has 4 N–H and O–H groups in total. The predicted octanol–water partition coefficient (Wildman–Crippen LogP) is 2.97. The molecule has 1 fully saturated rings. The number of pyridine rings is 1. The maximum Gasteiger partial charge on any atom is 0.511 e. The lowest BCUT2D eigenvalue weighted by molar-refractivity contribution is 0.142. The first-order valence-electron chi connectivity index (χ1n) is 11.9. The number of aromatic hydroxyl groups is 1. The largest absolute Gasteiger partial charge is 0.511 e. The third-order valence-corrected chi connectivity index (χ3v) is 7.06. The zero-order valence-electron chi connectivity index (χ0n) is 19.3. The number of H-pyrrole nitrogens is 1. The highest BCUT2D eigenvalue weighted by Gasteiger charge is 2.25. The summed E-state index contributed by atoms with van der Waals surface area (Å²) in [6.45, 7) is 5.19. The second kappa shape index (κ2) is 9.15. The first-order chi connectivity index (χ1) is 16.4. The summed E-state index contributed by atoms with van der Waals surface area (Å²) in [7, 11) is 2.07. The molecule has 3 heterocycles. The minimum Gasteiger partial charge on any atom is -0.504 e. The molecule has 1 aromatic carbocycles. The summed E-state index contributed by atoms with van der Waals surface area (Å²) in [5, 5.41) is 24.2. The SMILES string of the molecule is Cn1c(CNCCN2CCCC2)cc2cc3c(cc21)CCCc1c-3[nH]c(=O)c(OC(=O)O)c1O. The van der Waals surface area contributed by atoms with Gasteiger partial charge in [-0.3, -0.25) is 4.79 Å². The first kappa shape index (κ1) is 22.5. The summed E-state index contributed by atoms with van der Waals surface area (Å²) in [5.41, 5.74) is 4.52. The van der Waals surface area contributed by atoms with Crippen molar-refractivity contribution in [2.24, 2.45) is 7.05 Å². The van der Waals surface area contributed by atoms with Crippen molar-refractivity contribution in [3.05, 3.63) is 45.4 Å². The number of likely N-dealkylation sites (tertiary alicyclic amines) is 1. The molecule has 3 aromatic rings. The molecule has 2 aromatic heterocycles. The van der Waals surface area contributed by atoms with E-state index in [1.807, 2.05) is 0 Å². The standard InChI is InChI=1S/C25H30N4O5/c1-28-17(14-26-7-10-29-8-2-3-9-29)11-16-12-19-15(13-20(16)28)5-4-6-18-21(19)27-24(31)23(22(18)30)34-25(32)33/h11-13,26H,2-10,14H2,1H3,(H,32,33)(H2,27,30,31). The van der Waals surface area contributed by atoms with Crippen LogP contribution in [0.15, 0.2) is 23.0 Å².